The summed E-state index contributed by atoms with van der Waals surface area (Å²) in [6.07, 6.45) is 5.05. The maximum Gasteiger partial charge on any atom is 0.377 e. The van der Waals surface area contributed by atoms with Crippen LogP contribution in [0.3, 0.4) is 0 Å². The van der Waals surface area contributed by atoms with Gasteiger partial charge >= 0.3 is 11.9 Å². The number of fused-ring (bicyclic) bond motifs is 4. The molecule has 2 aliphatic carbocycles. The number of ether oxygens (including phenoxy) is 3. The van der Waals surface area contributed by atoms with Crippen LogP contribution in [0.2, 0.25) is 0 Å². The number of carbonyl (C=O) groups excluding carboxylic acids is 2. The van der Waals surface area contributed by atoms with E-state index in [0.717, 1.165) is 43.2 Å². The number of unbranched alkanes of at least 4 members (excludes halogenated alkanes) is 3. The number of aromatic hydroxyl groups is 1. The Morgan fingerprint density at radius 2 is 1.89 bits per heavy atom. The van der Waals surface area contributed by atoms with E-state index in [1.807, 2.05) is 19.9 Å². The van der Waals surface area contributed by atoms with Crippen LogP contribution in [-0.2, 0) is 35.2 Å². The van der Waals surface area contributed by atoms with Gasteiger partial charge in [0.15, 0.2) is 0 Å². The van der Waals surface area contributed by atoms with Crippen molar-refractivity contribution in [3.05, 3.63) is 40.0 Å². The lowest BCUT2D eigenvalue weighted by molar-refractivity contribution is -0.353. The molecule has 1 aromatic rings. The summed E-state index contributed by atoms with van der Waals surface area (Å²) < 4.78 is 18.6. The molecule has 0 saturated heterocycles. The van der Waals surface area contributed by atoms with Gasteiger partial charge in [-0.05, 0) is 66.9 Å². The first kappa shape index (κ1) is 33.9. The van der Waals surface area contributed by atoms with E-state index in [-0.39, 0.29) is 30.4 Å². The van der Waals surface area contributed by atoms with Gasteiger partial charge in [0.2, 0.25) is 0 Å². The third-order valence-electron chi connectivity index (χ3n) is 11.0. The van der Waals surface area contributed by atoms with E-state index >= 15 is 0 Å². The predicted molar refractivity (Wildman–Crippen MR) is 164 cm³/mol. The first-order valence-corrected chi connectivity index (χ1v) is 16.4. The number of carbonyl (C=O) groups is 2. The first-order chi connectivity index (χ1) is 21.2. The van der Waals surface area contributed by atoms with Crippen LogP contribution in [0, 0.1) is 24.2 Å². The molecule has 5 rings (SSSR count). The molecule has 2 heterocycles. The minimum absolute atomic E-state index is 0.00161. The van der Waals surface area contributed by atoms with Crippen LogP contribution in [0.1, 0.15) is 113 Å². The van der Waals surface area contributed by atoms with Gasteiger partial charge in [-0.3, -0.25) is 9.68 Å². The number of aliphatic hydroxyl groups is 2. The fourth-order valence-electron chi connectivity index (χ4n) is 8.53. The summed E-state index contributed by atoms with van der Waals surface area (Å²) in [5, 5.41) is 35.2. The summed E-state index contributed by atoms with van der Waals surface area (Å²) in [7, 11) is 1.57. The van der Waals surface area contributed by atoms with E-state index in [1.165, 1.54) is 6.92 Å². The Kier molecular flexibility index (Phi) is 9.48. The van der Waals surface area contributed by atoms with Gasteiger partial charge < -0.3 is 29.5 Å². The van der Waals surface area contributed by atoms with Gasteiger partial charge in [-0.15, -0.1) is 0 Å². The molecule has 0 spiro atoms. The Hall–Kier alpha value is -2.50. The van der Waals surface area contributed by atoms with Gasteiger partial charge in [-0.1, -0.05) is 52.5 Å². The molecule has 0 unspecified atom stereocenters. The molecule has 1 fully saturated rings. The molecular weight excluding hydrogens is 580 g/mol. The molecule has 0 amide bonds. The second kappa shape index (κ2) is 12.6. The normalized spacial score (nSPS) is 36.6. The van der Waals surface area contributed by atoms with Crippen molar-refractivity contribution in [2.24, 2.45) is 17.3 Å². The van der Waals surface area contributed by atoms with Crippen LogP contribution in [0.25, 0.3) is 0 Å². The molecule has 0 radical (unpaired) electrons. The average molecular weight is 631 g/mol. The first-order valence-electron chi connectivity index (χ1n) is 16.4. The zero-order valence-electron chi connectivity index (χ0n) is 27.7. The SMILES string of the molecule is CCCCCC[C@@H]1Cc2cc(O)c3c(C)c2[C@H](O1)[C@H]1[C@@H](OC)/C=C(/COC(C)=O)[C@H]2CC(C)(C)[C@]2(O)[C@@H](O)C[C@]1(C)OOC3=O. The van der Waals surface area contributed by atoms with E-state index in [4.69, 9.17) is 24.0 Å². The van der Waals surface area contributed by atoms with Gasteiger partial charge in [0, 0.05) is 26.4 Å². The summed E-state index contributed by atoms with van der Waals surface area (Å²) in [5.74, 6) is -2.73. The third-order valence-corrected chi connectivity index (χ3v) is 11.0. The minimum Gasteiger partial charge on any atom is -0.507 e. The highest BCUT2D eigenvalue weighted by molar-refractivity contribution is 5.94. The van der Waals surface area contributed by atoms with E-state index < -0.39 is 58.7 Å². The molecule has 2 aliphatic heterocycles. The lowest BCUT2D eigenvalue weighted by Gasteiger charge is -2.61. The van der Waals surface area contributed by atoms with Crippen molar-refractivity contribution in [2.75, 3.05) is 13.7 Å². The average Bonchev–Trinajstić information content (AvgIpc) is 3.01. The molecule has 10 heteroatoms. The van der Waals surface area contributed by atoms with Crippen molar-refractivity contribution in [1.29, 1.82) is 0 Å². The fraction of sp³-hybridized carbons (Fsp3) is 0.714. The number of phenolic OH excluding ortho intramolecular Hbond substituents is 1. The van der Waals surface area contributed by atoms with E-state index in [2.05, 4.69) is 6.92 Å². The molecule has 45 heavy (non-hydrogen) atoms. The topological polar surface area (TPSA) is 141 Å². The smallest absolute Gasteiger partial charge is 0.377 e. The molecule has 4 aliphatic rings. The van der Waals surface area contributed by atoms with Crippen LogP contribution >= 0.6 is 0 Å². The Morgan fingerprint density at radius 1 is 1.16 bits per heavy atom. The number of esters is 1. The zero-order chi connectivity index (χ0) is 32.9. The molecule has 1 aromatic carbocycles. The lowest BCUT2D eigenvalue weighted by atomic mass is 9.47. The van der Waals surface area contributed by atoms with Crippen LogP contribution in [0.5, 0.6) is 5.75 Å². The largest absolute Gasteiger partial charge is 0.507 e. The van der Waals surface area contributed by atoms with Crippen molar-refractivity contribution in [3.8, 4) is 5.75 Å². The number of hydrogen-bond acceptors (Lipinski definition) is 10. The zero-order valence-corrected chi connectivity index (χ0v) is 27.7. The predicted octanol–water partition coefficient (Wildman–Crippen LogP) is 5.18. The van der Waals surface area contributed by atoms with Crippen molar-refractivity contribution in [3.63, 3.8) is 0 Å². The highest BCUT2D eigenvalue weighted by Crippen LogP contribution is 2.61. The van der Waals surface area contributed by atoms with Crippen LogP contribution in [0.4, 0.5) is 0 Å². The number of phenols is 1. The van der Waals surface area contributed by atoms with Crippen LogP contribution in [0.15, 0.2) is 17.7 Å². The summed E-state index contributed by atoms with van der Waals surface area (Å²) >= 11 is 0. The van der Waals surface area contributed by atoms with Crippen LogP contribution < -0.4 is 0 Å². The van der Waals surface area contributed by atoms with Gasteiger partial charge in [-0.2, -0.15) is 4.89 Å². The number of aliphatic hydroxyl groups excluding tert-OH is 1. The number of benzene rings is 1. The van der Waals surface area contributed by atoms with Gasteiger partial charge in [0.05, 0.1) is 30.3 Å². The van der Waals surface area contributed by atoms with E-state index in [0.29, 0.717) is 24.0 Å². The van der Waals surface area contributed by atoms with Gasteiger partial charge in [-0.25, -0.2) is 4.79 Å². The molecular formula is C35H50O10. The quantitative estimate of drug-likeness (QED) is 0.152. The van der Waals surface area contributed by atoms with Crippen molar-refractivity contribution < 1.29 is 48.9 Å². The Morgan fingerprint density at radius 3 is 2.53 bits per heavy atom. The third kappa shape index (κ3) is 5.82. The highest BCUT2D eigenvalue weighted by Gasteiger charge is 2.67. The van der Waals surface area contributed by atoms with Crippen molar-refractivity contribution in [2.45, 2.75) is 129 Å². The Labute approximate surface area is 266 Å². The Balaban J connectivity index is 1.70. The maximum atomic E-state index is 13.4. The number of methoxy groups -OCH3 is 1. The number of hydrogen-bond donors (Lipinski definition) is 3. The number of rotatable bonds is 8. The van der Waals surface area contributed by atoms with E-state index in [1.54, 1.807) is 27.0 Å². The van der Waals surface area contributed by atoms with Crippen molar-refractivity contribution in [1.82, 2.24) is 0 Å². The maximum absolute atomic E-state index is 13.4. The molecule has 250 valence electrons. The lowest BCUT2D eigenvalue weighted by Crippen LogP contribution is -2.69. The molecule has 10 nitrogen and oxygen atoms in total. The fourth-order valence-corrected chi connectivity index (χ4v) is 8.53. The molecule has 8 atom stereocenters. The summed E-state index contributed by atoms with van der Waals surface area (Å²) in [6, 6.07) is 1.63. The monoisotopic (exact) mass is 630 g/mol. The molecule has 3 N–H and O–H groups in total. The standard InChI is InChI=1S/C35H50O10/c1-8-9-10-11-12-23-13-21-14-25(37)29-19(2)28(21)31(43-23)30-26(41-7)15-22(18-42-20(3)36)24-16-33(4,5)35(24,40)27(38)17-34(30,6)45-44-32(29)39/h14-15,23-24,26-27,30-31,37-38,40H,8-13,16-18H2,1-7H3/b22-15-/t23-,24-,26+,27+,30-,31+,34+,35-/m1/s1. The second-order valence-corrected chi connectivity index (χ2v) is 14.4. The summed E-state index contributed by atoms with van der Waals surface area (Å²) in [5.41, 5.74) is -0.916. The molecule has 2 bridgehead atoms. The summed E-state index contributed by atoms with van der Waals surface area (Å²) in [6.45, 7) is 10.7. The second-order valence-electron chi connectivity index (χ2n) is 14.4. The summed E-state index contributed by atoms with van der Waals surface area (Å²) in [4.78, 5) is 36.9. The minimum atomic E-state index is -1.60. The molecule has 1 saturated carbocycles. The van der Waals surface area contributed by atoms with Gasteiger partial charge in [0.25, 0.3) is 0 Å². The van der Waals surface area contributed by atoms with Crippen LogP contribution in [-0.4, -0.2) is 70.5 Å². The Bertz CT molecular complexity index is 1340. The van der Waals surface area contributed by atoms with E-state index in [9.17, 15) is 24.9 Å². The van der Waals surface area contributed by atoms with Gasteiger partial charge in [0.1, 0.15) is 29.1 Å². The molecule has 0 aromatic heterocycles. The highest BCUT2D eigenvalue weighted by atomic mass is 17.2. The van der Waals surface area contributed by atoms with Crippen molar-refractivity contribution >= 4 is 11.9 Å².